The fraction of sp³-hybridized carbons (Fsp3) is 0.533. The molecule has 0 bridgehead atoms. The third-order valence-corrected chi connectivity index (χ3v) is 3.77. The summed E-state index contributed by atoms with van der Waals surface area (Å²) in [6.45, 7) is 6.22. The number of amides is 1. The molecule has 2 aliphatic rings. The second-order valence-electron chi connectivity index (χ2n) is 5.45. The molecular formula is C15H20N2O3. The SMILES string of the molecule is CC1CN(C(=O)C2Oc3ccccc3OC2C)CCN1. The van der Waals surface area contributed by atoms with Gasteiger partial charge in [0.1, 0.15) is 6.10 Å². The zero-order valence-electron chi connectivity index (χ0n) is 11.8. The van der Waals surface area contributed by atoms with Crippen molar-refractivity contribution < 1.29 is 14.3 Å². The van der Waals surface area contributed by atoms with Crippen molar-refractivity contribution >= 4 is 5.91 Å². The van der Waals surface area contributed by atoms with Crippen LogP contribution in [0.2, 0.25) is 0 Å². The number of piperazine rings is 1. The lowest BCUT2D eigenvalue weighted by Crippen LogP contribution is -2.57. The molecule has 1 fully saturated rings. The summed E-state index contributed by atoms with van der Waals surface area (Å²) < 4.78 is 11.7. The number of hydrogen-bond donors (Lipinski definition) is 1. The predicted octanol–water partition coefficient (Wildman–Crippen LogP) is 1.04. The number of ether oxygens (including phenoxy) is 2. The zero-order chi connectivity index (χ0) is 14.1. The number of hydrogen-bond acceptors (Lipinski definition) is 4. The summed E-state index contributed by atoms with van der Waals surface area (Å²) in [7, 11) is 0. The molecule has 1 aromatic carbocycles. The summed E-state index contributed by atoms with van der Waals surface area (Å²) in [6, 6.07) is 7.79. The molecule has 108 valence electrons. The first-order valence-corrected chi connectivity index (χ1v) is 7.09. The van der Waals surface area contributed by atoms with Crippen molar-refractivity contribution in [1.29, 1.82) is 0 Å². The largest absolute Gasteiger partial charge is 0.482 e. The van der Waals surface area contributed by atoms with Gasteiger partial charge in [0.25, 0.3) is 5.91 Å². The van der Waals surface area contributed by atoms with Crippen molar-refractivity contribution in [2.45, 2.75) is 32.1 Å². The first-order valence-electron chi connectivity index (χ1n) is 7.09. The van der Waals surface area contributed by atoms with Gasteiger partial charge in [-0.25, -0.2) is 0 Å². The Morgan fingerprint density at radius 3 is 2.65 bits per heavy atom. The Morgan fingerprint density at radius 2 is 1.95 bits per heavy atom. The van der Waals surface area contributed by atoms with Gasteiger partial charge in [-0.1, -0.05) is 12.1 Å². The van der Waals surface area contributed by atoms with Gasteiger partial charge in [0.15, 0.2) is 11.5 Å². The summed E-state index contributed by atoms with van der Waals surface area (Å²) >= 11 is 0. The summed E-state index contributed by atoms with van der Waals surface area (Å²) in [6.07, 6.45) is -0.835. The molecule has 0 aromatic heterocycles. The quantitative estimate of drug-likeness (QED) is 0.832. The van der Waals surface area contributed by atoms with Crippen LogP contribution in [0, 0.1) is 0 Å². The highest BCUT2D eigenvalue weighted by atomic mass is 16.6. The van der Waals surface area contributed by atoms with Crippen LogP contribution in [0.3, 0.4) is 0 Å². The predicted molar refractivity (Wildman–Crippen MR) is 75.0 cm³/mol. The highest BCUT2D eigenvalue weighted by Gasteiger charge is 2.37. The number of para-hydroxylation sites is 2. The molecule has 2 heterocycles. The van der Waals surface area contributed by atoms with Crippen LogP contribution in [0.4, 0.5) is 0 Å². The van der Waals surface area contributed by atoms with Gasteiger partial charge < -0.3 is 19.7 Å². The molecule has 1 aromatic rings. The van der Waals surface area contributed by atoms with Crippen molar-refractivity contribution in [1.82, 2.24) is 10.2 Å². The maximum absolute atomic E-state index is 12.6. The summed E-state index contributed by atoms with van der Waals surface area (Å²) in [4.78, 5) is 14.5. The Bertz CT molecular complexity index is 506. The van der Waals surface area contributed by atoms with E-state index in [-0.39, 0.29) is 12.0 Å². The van der Waals surface area contributed by atoms with E-state index in [4.69, 9.17) is 9.47 Å². The molecule has 0 spiro atoms. The first kappa shape index (κ1) is 13.2. The van der Waals surface area contributed by atoms with Crippen LogP contribution in [-0.4, -0.2) is 48.7 Å². The summed E-state index contributed by atoms with van der Waals surface area (Å²) in [5, 5.41) is 3.33. The highest BCUT2D eigenvalue weighted by Crippen LogP contribution is 2.33. The van der Waals surface area contributed by atoms with Gasteiger partial charge in [0.2, 0.25) is 6.10 Å². The van der Waals surface area contributed by atoms with Gasteiger partial charge >= 0.3 is 0 Å². The van der Waals surface area contributed by atoms with Crippen LogP contribution in [0.25, 0.3) is 0 Å². The minimum Gasteiger partial charge on any atom is -0.482 e. The van der Waals surface area contributed by atoms with E-state index in [2.05, 4.69) is 12.2 Å². The van der Waals surface area contributed by atoms with Crippen LogP contribution in [0.15, 0.2) is 24.3 Å². The van der Waals surface area contributed by atoms with Crippen molar-refractivity contribution in [2.75, 3.05) is 19.6 Å². The van der Waals surface area contributed by atoms with Gasteiger partial charge in [0.05, 0.1) is 0 Å². The van der Waals surface area contributed by atoms with E-state index in [1.54, 1.807) is 0 Å². The molecule has 3 atom stereocenters. The highest BCUT2D eigenvalue weighted by molar-refractivity contribution is 5.82. The monoisotopic (exact) mass is 276 g/mol. The Morgan fingerprint density at radius 1 is 1.25 bits per heavy atom. The Balaban J connectivity index is 1.75. The molecule has 1 saturated heterocycles. The molecule has 0 radical (unpaired) electrons. The Labute approximate surface area is 118 Å². The summed E-state index contributed by atoms with van der Waals surface area (Å²) in [5.41, 5.74) is 0. The smallest absolute Gasteiger partial charge is 0.267 e. The number of nitrogens with zero attached hydrogens (tertiary/aromatic N) is 1. The van der Waals surface area contributed by atoms with Crippen LogP contribution in [0.5, 0.6) is 11.5 Å². The molecule has 1 N–H and O–H groups in total. The van der Waals surface area contributed by atoms with E-state index in [9.17, 15) is 4.79 Å². The average molecular weight is 276 g/mol. The minimum atomic E-state index is -0.560. The lowest BCUT2D eigenvalue weighted by atomic mass is 10.1. The third kappa shape index (κ3) is 2.45. The van der Waals surface area contributed by atoms with Gasteiger partial charge in [-0.2, -0.15) is 0 Å². The number of carbonyl (C=O) groups is 1. The van der Waals surface area contributed by atoms with E-state index >= 15 is 0 Å². The van der Waals surface area contributed by atoms with Crippen LogP contribution >= 0.6 is 0 Å². The van der Waals surface area contributed by atoms with Crippen LogP contribution < -0.4 is 14.8 Å². The van der Waals surface area contributed by atoms with E-state index in [1.807, 2.05) is 36.1 Å². The minimum absolute atomic E-state index is 0.0142. The number of carbonyl (C=O) groups excluding carboxylic acids is 1. The van der Waals surface area contributed by atoms with E-state index < -0.39 is 6.10 Å². The number of fused-ring (bicyclic) bond motifs is 1. The van der Waals surface area contributed by atoms with Crippen molar-refractivity contribution in [2.24, 2.45) is 0 Å². The molecule has 3 unspecified atom stereocenters. The third-order valence-electron chi connectivity index (χ3n) is 3.77. The second-order valence-corrected chi connectivity index (χ2v) is 5.45. The average Bonchev–Trinajstić information content (AvgIpc) is 2.46. The number of benzene rings is 1. The zero-order valence-corrected chi connectivity index (χ0v) is 11.8. The van der Waals surface area contributed by atoms with Crippen LogP contribution in [-0.2, 0) is 4.79 Å². The molecule has 5 nitrogen and oxygen atoms in total. The van der Waals surface area contributed by atoms with Gasteiger partial charge in [-0.05, 0) is 26.0 Å². The lowest BCUT2D eigenvalue weighted by Gasteiger charge is -2.37. The molecule has 1 amide bonds. The first-order chi connectivity index (χ1) is 9.65. The van der Waals surface area contributed by atoms with Gasteiger partial charge in [-0.3, -0.25) is 4.79 Å². The Kier molecular flexibility index (Phi) is 3.53. The number of rotatable bonds is 1. The molecule has 0 saturated carbocycles. The Hall–Kier alpha value is -1.75. The maximum Gasteiger partial charge on any atom is 0.267 e. The molecule has 20 heavy (non-hydrogen) atoms. The maximum atomic E-state index is 12.6. The standard InChI is InChI=1S/C15H20N2O3/c1-10-9-17(8-7-16-10)15(18)14-11(2)19-12-5-3-4-6-13(12)20-14/h3-6,10-11,14,16H,7-9H2,1-2H3. The molecular weight excluding hydrogens is 256 g/mol. The normalized spacial score (nSPS) is 29.1. The topological polar surface area (TPSA) is 50.8 Å². The van der Waals surface area contributed by atoms with Gasteiger partial charge in [-0.15, -0.1) is 0 Å². The van der Waals surface area contributed by atoms with Crippen molar-refractivity contribution in [3.05, 3.63) is 24.3 Å². The van der Waals surface area contributed by atoms with E-state index in [1.165, 1.54) is 0 Å². The summed E-state index contributed by atoms with van der Waals surface area (Å²) in [5.74, 6) is 1.37. The lowest BCUT2D eigenvalue weighted by molar-refractivity contribution is -0.145. The fourth-order valence-corrected chi connectivity index (χ4v) is 2.70. The second kappa shape index (κ2) is 5.32. The van der Waals surface area contributed by atoms with Crippen molar-refractivity contribution in [3.63, 3.8) is 0 Å². The van der Waals surface area contributed by atoms with E-state index in [0.717, 1.165) is 13.1 Å². The fourth-order valence-electron chi connectivity index (χ4n) is 2.70. The molecule has 0 aliphatic carbocycles. The van der Waals surface area contributed by atoms with Gasteiger partial charge in [0, 0.05) is 25.7 Å². The van der Waals surface area contributed by atoms with Crippen LogP contribution in [0.1, 0.15) is 13.8 Å². The van der Waals surface area contributed by atoms with Crippen molar-refractivity contribution in [3.8, 4) is 11.5 Å². The molecule has 3 rings (SSSR count). The van der Waals surface area contributed by atoms with E-state index in [0.29, 0.717) is 24.1 Å². The molecule has 2 aliphatic heterocycles. The number of nitrogens with one attached hydrogen (secondary N) is 1. The molecule has 5 heteroatoms.